The summed E-state index contributed by atoms with van der Waals surface area (Å²) in [6.45, 7) is 9.44. The van der Waals surface area contributed by atoms with E-state index < -0.39 is 0 Å². The first-order valence-electron chi connectivity index (χ1n) is 6.44. The minimum atomic E-state index is 0.557. The molecule has 1 aliphatic rings. The lowest BCUT2D eigenvalue weighted by Crippen LogP contribution is -2.33. The van der Waals surface area contributed by atoms with E-state index in [0.29, 0.717) is 5.41 Å². The van der Waals surface area contributed by atoms with Gasteiger partial charge in [-0.25, -0.2) is 0 Å². The van der Waals surface area contributed by atoms with Crippen molar-refractivity contribution in [2.24, 2.45) is 11.3 Å². The van der Waals surface area contributed by atoms with Crippen molar-refractivity contribution in [3.8, 4) is 0 Å². The summed E-state index contributed by atoms with van der Waals surface area (Å²) in [5, 5.41) is 0. The first kappa shape index (κ1) is 11.8. The third-order valence-corrected chi connectivity index (χ3v) is 4.46. The average Bonchev–Trinajstić information content (AvgIpc) is 2.27. The lowest BCUT2D eigenvalue weighted by Gasteiger charge is -2.44. The number of rotatable bonds is 4. The van der Waals surface area contributed by atoms with Gasteiger partial charge in [-0.2, -0.15) is 0 Å². The quantitative estimate of drug-likeness (QED) is 0.555. The van der Waals surface area contributed by atoms with Crippen molar-refractivity contribution < 1.29 is 0 Å². The van der Waals surface area contributed by atoms with Gasteiger partial charge in [0.25, 0.3) is 0 Å². The highest BCUT2D eigenvalue weighted by Gasteiger charge is 2.38. The molecule has 14 heavy (non-hydrogen) atoms. The molecule has 0 aromatic carbocycles. The first-order chi connectivity index (χ1) is 6.75. The second kappa shape index (κ2) is 5.00. The molecule has 0 saturated carbocycles. The van der Waals surface area contributed by atoms with Crippen LogP contribution in [0.25, 0.3) is 0 Å². The molecule has 0 aliphatic heterocycles. The van der Waals surface area contributed by atoms with Crippen LogP contribution < -0.4 is 0 Å². The van der Waals surface area contributed by atoms with Gasteiger partial charge in [0, 0.05) is 0 Å². The summed E-state index contributed by atoms with van der Waals surface area (Å²) >= 11 is 0. The van der Waals surface area contributed by atoms with Crippen LogP contribution in [0.5, 0.6) is 0 Å². The van der Waals surface area contributed by atoms with E-state index in [1.165, 1.54) is 38.5 Å². The molecule has 1 unspecified atom stereocenters. The maximum atomic E-state index is 2.53. The molecule has 0 heterocycles. The van der Waals surface area contributed by atoms with E-state index in [-0.39, 0.29) is 0 Å². The fourth-order valence-electron chi connectivity index (χ4n) is 3.57. The minimum Gasteiger partial charge on any atom is -0.0848 e. The van der Waals surface area contributed by atoms with E-state index in [4.69, 9.17) is 0 Å². The standard InChI is InChI=1S/C14H26/c1-5-12-10-9-11-13(6-2)14(12,7-3)8-4/h10,13H,5-9,11H2,1-4H3. The molecule has 0 aromatic heterocycles. The van der Waals surface area contributed by atoms with E-state index in [0.717, 1.165) is 5.92 Å². The summed E-state index contributed by atoms with van der Waals surface area (Å²) in [5.41, 5.74) is 2.31. The molecule has 0 heteroatoms. The molecule has 0 nitrogen and oxygen atoms in total. The van der Waals surface area contributed by atoms with Gasteiger partial charge >= 0.3 is 0 Å². The Morgan fingerprint density at radius 1 is 1.21 bits per heavy atom. The highest BCUT2D eigenvalue weighted by Crippen LogP contribution is 2.49. The van der Waals surface area contributed by atoms with E-state index in [9.17, 15) is 0 Å². The topological polar surface area (TPSA) is 0 Å². The third kappa shape index (κ3) is 1.76. The highest BCUT2D eigenvalue weighted by molar-refractivity contribution is 5.19. The van der Waals surface area contributed by atoms with E-state index in [2.05, 4.69) is 33.8 Å². The Labute approximate surface area is 89.8 Å². The van der Waals surface area contributed by atoms with E-state index in [1.54, 1.807) is 5.57 Å². The summed E-state index contributed by atoms with van der Waals surface area (Å²) in [6, 6.07) is 0. The number of allylic oxidation sites excluding steroid dienone is 2. The predicted octanol–water partition coefficient (Wildman–Crippen LogP) is 4.95. The van der Waals surface area contributed by atoms with Gasteiger partial charge in [0.05, 0.1) is 0 Å². The van der Waals surface area contributed by atoms with Crippen LogP contribution in [0.3, 0.4) is 0 Å². The Morgan fingerprint density at radius 3 is 2.29 bits per heavy atom. The summed E-state index contributed by atoms with van der Waals surface area (Å²) < 4.78 is 0. The van der Waals surface area contributed by atoms with Crippen LogP contribution in [0.2, 0.25) is 0 Å². The molecule has 1 atom stereocenters. The zero-order valence-electron chi connectivity index (χ0n) is 10.4. The fourth-order valence-corrected chi connectivity index (χ4v) is 3.57. The zero-order chi connectivity index (χ0) is 10.6. The molecule has 1 rings (SSSR count). The molecule has 82 valence electrons. The average molecular weight is 194 g/mol. The van der Waals surface area contributed by atoms with Crippen molar-refractivity contribution in [3.63, 3.8) is 0 Å². The molecule has 0 amide bonds. The van der Waals surface area contributed by atoms with Crippen LogP contribution in [-0.4, -0.2) is 0 Å². The Balaban J connectivity index is 2.99. The van der Waals surface area contributed by atoms with Gasteiger partial charge in [0.1, 0.15) is 0 Å². The summed E-state index contributed by atoms with van der Waals surface area (Å²) in [6.07, 6.45) is 10.6. The Morgan fingerprint density at radius 2 is 1.86 bits per heavy atom. The van der Waals surface area contributed by atoms with Crippen molar-refractivity contribution in [2.45, 2.75) is 66.2 Å². The van der Waals surface area contributed by atoms with Gasteiger partial charge in [-0.15, -0.1) is 0 Å². The summed E-state index contributed by atoms with van der Waals surface area (Å²) in [5.74, 6) is 0.942. The van der Waals surface area contributed by atoms with Crippen LogP contribution in [0, 0.1) is 11.3 Å². The van der Waals surface area contributed by atoms with Gasteiger partial charge in [0.15, 0.2) is 0 Å². The first-order valence-corrected chi connectivity index (χ1v) is 6.44. The molecular formula is C14H26. The molecule has 0 aromatic rings. The molecule has 0 bridgehead atoms. The molecule has 0 fully saturated rings. The van der Waals surface area contributed by atoms with E-state index in [1.807, 2.05) is 0 Å². The second-order valence-electron chi connectivity index (χ2n) is 4.63. The van der Waals surface area contributed by atoms with Crippen molar-refractivity contribution in [2.75, 3.05) is 0 Å². The fraction of sp³-hybridized carbons (Fsp3) is 0.857. The molecule has 0 saturated heterocycles. The summed E-state index contributed by atoms with van der Waals surface area (Å²) in [7, 11) is 0. The van der Waals surface area contributed by atoms with Gasteiger partial charge in [0.2, 0.25) is 0 Å². The van der Waals surface area contributed by atoms with Gasteiger partial charge in [-0.1, -0.05) is 45.8 Å². The molecule has 0 radical (unpaired) electrons. The molecular weight excluding hydrogens is 168 g/mol. The lowest BCUT2D eigenvalue weighted by atomic mass is 9.60. The minimum absolute atomic E-state index is 0.557. The zero-order valence-corrected chi connectivity index (χ0v) is 10.4. The van der Waals surface area contributed by atoms with Gasteiger partial charge in [-0.05, 0) is 43.4 Å². The SMILES string of the molecule is CCC1=CCCC(CC)C1(CC)CC. The number of hydrogen-bond acceptors (Lipinski definition) is 0. The summed E-state index contributed by atoms with van der Waals surface area (Å²) in [4.78, 5) is 0. The van der Waals surface area contributed by atoms with Gasteiger partial charge in [-0.3, -0.25) is 0 Å². The van der Waals surface area contributed by atoms with Gasteiger partial charge < -0.3 is 0 Å². The van der Waals surface area contributed by atoms with Crippen LogP contribution in [0.15, 0.2) is 11.6 Å². The van der Waals surface area contributed by atoms with Crippen LogP contribution in [0.4, 0.5) is 0 Å². The Kier molecular flexibility index (Phi) is 4.22. The normalized spacial score (nSPS) is 26.0. The predicted molar refractivity (Wildman–Crippen MR) is 64.4 cm³/mol. The van der Waals surface area contributed by atoms with Crippen molar-refractivity contribution in [1.29, 1.82) is 0 Å². The molecule has 0 N–H and O–H groups in total. The van der Waals surface area contributed by atoms with Crippen LogP contribution >= 0.6 is 0 Å². The smallest absolute Gasteiger partial charge is 0.00652 e. The molecule has 0 spiro atoms. The third-order valence-electron chi connectivity index (χ3n) is 4.46. The van der Waals surface area contributed by atoms with Crippen molar-refractivity contribution in [3.05, 3.63) is 11.6 Å². The second-order valence-corrected chi connectivity index (χ2v) is 4.63. The monoisotopic (exact) mass is 194 g/mol. The maximum absolute atomic E-state index is 2.53. The Hall–Kier alpha value is -0.260. The highest BCUT2D eigenvalue weighted by atomic mass is 14.4. The Bertz CT molecular complexity index is 196. The lowest BCUT2D eigenvalue weighted by molar-refractivity contribution is 0.159. The maximum Gasteiger partial charge on any atom is -0.00652 e. The number of hydrogen-bond donors (Lipinski definition) is 0. The van der Waals surface area contributed by atoms with Crippen molar-refractivity contribution in [1.82, 2.24) is 0 Å². The van der Waals surface area contributed by atoms with Crippen LogP contribution in [0.1, 0.15) is 66.2 Å². The van der Waals surface area contributed by atoms with Crippen molar-refractivity contribution >= 4 is 0 Å². The van der Waals surface area contributed by atoms with E-state index >= 15 is 0 Å². The van der Waals surface area contributed by atoms with Crippen LogP contribution in [-0.2, 0) is 0 Å². The molecule has 1 aliphatic carbocycles. The largest absolute Gasteiger partial charge is 0.0848 e.